The number of hydrogen-bond donors (Lipinski definition) is 1. The van der Waals surface area contributed by atoms with E-state index in [1.807, 2.05) is 6.07 Å². The van der Waals surface area contributed by atoms with E-state index in [9.17, 15) is 13.2 Å². The molecule has 2 rings (SSSR count). The second-order valence-electron chi connectivity index (χ2n) is 4.13. The van der Waals surface area contributed by atoms with Gasteiger partial charge < -0.3 is 10.1 Å². The molecular weight excluding hydrogens is 269 g/mol. The Labute approximate surface area is 114 Å². The Morgan fingerprint density at radius 1 is 1.15 bits per heavy atom. The van der Waals surface area contributed by atoms with Crippen LogP contribution in [0.25, 0.3) is 0 Å². The first-order valence-electron chi connectivity index (χ1n) is 5.92. The fourth-order valence-electron chi connectivity index (χ4n) is 1.96. The van der Waals surface area contributed by atoms with Gasteiger partial charge in [-0.1, -0.05) is 18.2 Å². The zero-order valence-electron chi connectivity index (χ0n) is 10.7. The van der Waals surface area contributed by atoms with Crippen molar-refractivity contribution >= 4 is 0 Å². The summed E-state index contributed by atoms with van der Waals surface area (Å²) in [6.45, 7) is 0. The number of aromatic nitrogens is 1. The first kappa shape index (κ1) is 14.3. The molecule has 1 atom stereocenters. The van der Waals surface area contributed by atoms with Gasteiger partial charge in [0.05, 0.1) is 6.04 Å². The van der Waals surface area contributed by atoms with Crippen molar-refractivity contribution in [3.05, 3.63) is 59.9 Å². The van der Waals surface area contributed by atoms with Crippen LogP contribution in [-0.2, 0) is 0 Å². The van der Waals surface area contributed by atoms with Crippen LogP contribution in [0.4, 0.5) is 13.2 Å². The number of pyridine rings is 1. The molecule has 1 aromatic carbocycles. The predicted octanol–water partition coefficient (Wildman–Crippen LogP) is 3.29. The normalized spacial score (nSPS) is 13.0. The molecule has 0 saturated carbocycles. The van der Waals surface area contributed by atoms with E-state index < -0.39 is 6.36 Å². The van der Waals surface area contributed by atoms with Gasteiger partial charge in [-0.2, -0.15) is 0 Å². The van der Waals surface area contributed by atoms with Crippen molar-refractivity contribution in [3.63, 3.8) is 0 Å². The Morgan fingerprint density at radius 3 is 2.50 bits per heavy atom. The number of benzene rings is 1. The van der Waals surface area contributed by atoms with E-state index in [2.05, 4.69) is 15.0 Å². The average molecular weight is 282 g/mol. The predicted molar refractivity (Wildman–Crippen MR) is 68.3 cm³/mol. The molecule has 0 spiro atoms. The van der Waals surface area contributed by atoms with Crippen molar-refractivity contribution in [1.29, 1.82) is 0 Å². The molecule has 106 valence electrons. The number of ether oxygens (including phenoxy) is 1. The van der Waals surface area contributed by atoms with Crippen molar-refractivity contribution < 1.29 is 17.9 Å². The summed E-state index contributed by atoms with van der Waals surface area (Å²) >= 11 is 0. The van der Waals surface area contributed by atoms with Crippen molar-refractivity contribution in [2.45, 2.75) is 12.4 Å². The molecular formula is C14H13F3N2O. The quantitative estimate of drug-likeness (QED) is 0.934. The lowest BCUT2D eigenvalue weighted by molar-refractivity contribution is -0.274. The third kappa shape index (κ3) is 3.71. The van der Waals surface area contributed by atoms with Gasteiger partial charge in [0.15, 0.2) is 0 Å². The second-order valence-corrected chi connectivity index (χ2v) is 4.13. The molecule has 1 N–H and O–H groups in total. The second kappa shape index (κ2) is 5.92. The van der Waals surface area contributed by atoms with E-state index in [0.717, 1.165) is 5.56 Å². The Kier molecular flexibility index (Phi) is 4.24. The summed E-state index contributed by atoms with van der Waals surface area (Å²) in [6.07, 6.45) is -1.39. The molecule has 3 nitrogen and oxygen atoms in total. The number of nitrogens with one attached hydrogen (secondary N) is 1. The monoisotopic (exact) mass is 282 g/mol. The Hall–Kier alpha value is -2.08. The summed E-state index contributed by atoms with van der Waals surface area (Å²) in [7, 11) is 1.73. The summed E-state index contributed by atoms with van der Waals surface area (Å²) < 4.78 is 40.6. The molecule has 0 bridgehead atoms. The lowest BCUT2D eigenvalue weighted by Gasteiger charge is -2.18. The van der Waals surface area contributed by atoms with Crippen LogP contribution < -0.4 is 10.1 Å². The molecule has 1 aromatic heterocycles. The molecule has 0 radical (unpaired) electrons. The molecule has 0 saturated heterocycles. The van der Waals surface area contributed by atoms with Crippen molar-refractivity contribution in [1.82, 2.24) is 10.3 Å². The Morgan fingerprint density at radius 2 is 1.90 bits per heavy atom. The molecule has 6 heteroatoms. The summed E-state index contributed by atoms with van der Waals surface area (Å²) in [5, 5.41) is 3.05. The maximum absolute atomic E-state index is 12.2. The maximum atomic E-state index is 12.2. The van der Waals surface area contributed by atoms with E-state index >= 15 is 0 Å². The number of alkyl halides is 3. The smallest absolute Gasteiger partial charge is 0.406 e. The minimum atomic E-state index is -4.69. The zero-order valence-corrected chi connectivity index (χ0v) is 10.7. The molecule has 1 unspecified atom stereocenters. The standard InChI is InChI=1S/C14H13F3N2O/c1-18-13(11-5-3-7-19-9-11)10-4-2-6-12(8-10)20-14(15,16)17/h2-9,13,18H,1H3. The van der Waals surface area contributed by atoms with Gasteiger partial charge in [-0.3, -0.25) is 4.98 Å². The van der Waals surface area contributed by atoms with E-state index in [4.69, 9.17) is 0 Å². The lowest BCUT2D eigenvalue weighted by Crippen LogP contribution is -2.19. The van der Waals surface area contributed by atoms with Gasteiger partial charge in [0, 0.05) is 12.4 Å². The summed E-state index contributed by atoms with van der Waals surface area (Å²) in [4.78, 5) is 4.01. The van der Waals surface area contributed by atoms with Gasteiger partial charge in [0.25, 0.3) is 0 Å². The topological polar surface area (TPSA) is 34.2 Å². The van der Waals surface area contributed by atoms with Crippen LogP contribution in [0.2, 0.25) is 0 Å². The van der Waals surface area contributed by atoms with Gasteiger partial charge in [0.1, 0.15) is 5.75 Å². The Balaban J connectivity index is 2.29. The van der Waals surface area contributed by atoms with Crippen LogP contribution in [0.1, 0.15) is 17.2 Å². The van der Waals surface area contributed by atoms with Crippen LogP contribution in [0.15, 0.2) is 48.8 Å². The van der Waals surface area contributed by atoms with Crippen LogP contribution in [0.5, 0.6) is 5.75 Å². The fourth-order valence-corrected chi connectivity index (χ4v) is 1.96. The molecule has 0 aliphatic rings. The van der Waals surface area contributed by atoms with Gasteiger partial charge in [0.2, 0.25) is 0 Å². The van der Waals surface area contributed by atoms with E-state index in [1.54, 1.807) is 31.6 Å². The van der Waals surface area contributed by atoms with Crippen LogP contribution in [0.3, 0.4) is 0 Å². The highest BCUT2D eigenvalue weighted by molar-refractivity contribution is 5.35. The average Bonchev–Trinajstić information content (AvgIpc) is 2.39. The highest BCUT2D eigenvalue weighted by atomic mass is 19.4. The van der Waals surface area contributed by atoms with Crippen molar-refractivity contribution in [2.75, 3.05) is 7.05 Å². The Bertz CT molecular complexity index is 558. The van der Waals surface area contributed by atoms with Crippen molar-refractivity contribution in [3.8, 4) is 5.75 Å². The largest absolute Gasteiger partial charge is 0.573 e. The molecule has 0 fully saturated rings. The number of halogens is 3. The molecule has 20 heavy (non-hydrogen) atoms. The van der Waals surface area contributed by atoms with Gasteiger partial charge in [-0.25, -0.2) is 0 Å². The van der Waals surface area contributed by atoms with E-state index in [1.165, 1.54) is 18.2 Å². The fraction of sp³-hybridized carbons (Fsp3) is 0.214. The third-order valence-electron chi connectivity index (χ3n) is 2.73. The SMILES string of the molecule is CNC(c1cccnc1)c1cccc(OC(F)(F)F)c1. The maximum Gasteiger partial charge on any atom is 0.573 e. The van der Waals surface area contributed by atoms with Crippen LogP contribution in [-0.4, -0.2) is 18.4 Å². The van der Waals surface area contributed by atoms with Crippen molar-refractivity contribution in [2.24, 2.45) is 0 Å². The summed E-state index contributed by atoms with van der Waals surface area (Å²) in [5.74, 6) is -0.237. The van der Waals surface area contributed by atoms with Gasteiger partial charge in [-0.15, -0.1) is 13.2 Å². The summed E-state index contributed by atoms with van der Waals surface area (Å²) in [6, 6.07) is 9.27. The third-order valence-corrected chi connectivity index (χ3v) is 2.73. The number of rotatable bonds is 4. The van der Waals surface area contributed by atoms with E-state index in [0.29, 0.717) is 5.56 Å². The minimum Gasteiger partial charge on any atom is -0.406 e. The molecule has 1 heterocycles. The first-order chi connectivity index (χ1) is 9.49. The first-order valence-corrected chi connectivity index (χ1v) is 5.92. The minimum absolute atomic E-state index is 0.237. The molecule has 2 aromatic rings. The zero-order chi connectivity index (χ0) is 14.6. The highest BCUT2D eigenvalue weighted by Crippen LogP contribution is 2.27. The number of nitrogens with zero attached hydrogens (tertiary/aromatic N) is 1. The van der Waals surface area contributed by atoms with Gasteiger partial charge in [-0.05, 0) is 36.4 Å². The summed E-state index contributed by atoms with van der Waals surface area (Å²) in [5.41, 5.74) is 1.53. The van der Waals surface area contributed by atoms with Gasteiger partial charge >= 0.3 is 6.36 Å². The number of hydrogen-bond acceptors (Lipinski definition) is 3. The van der Waals surface area contributed by atoms with E-state index in [-0.39, 0.29) is 11.8 Å². The molecule has 0 amide bonds. The van der Waals surface area contributed by atoms with Crippen LogP contribution >= 0.6 is 0 Å². The highest BCUT2D eigenvalue weighted by Gasteiger charge is 2.31. The molecule has 0 aliphatic heterocycles. The molecule has 0 aliphatic carbocycles. The van der Waals surface area contributed by atoms with Crippen LogP contribution in [0, 0.1) is 0 Å². The lowest BCUT2D eigenvalue weighted by atomic mass is 10.0.